The zero-order valence-corrected chi connectivity index (χ0v) is 13.1. The first-order chi connectivity index (χ1) is 10.4. The second-order valence-electron chi connectivity index (χ2n) is 6.42. The van der Waals surface area contributed by atoms with Gasteiger partial charge in [-0.2, -0.15) is 0 Å². The third kappa shape index (κ3) is 2.30. The van der Waals surface area contributed by atoms with Crippen LogP contribution in [0.2, 0.25) is 0 Å². The molecule has 1 atom stereocenters. The molecule has 0 aliphatic carbocycles. The zero-order chi connectivity index (χ0) is 16.0. The second-order valence-corrected chi connectivity index (χ2v) is 6.42. The predicted octanol–water partition coefficient (Wildman–Crippen LogP) is 1.88. The van der Waals surface area contributed by atoms with Crippen molar-refractivity contribution in [2.75, 3.05) is 0 Å². The third-order valence-corrected chi connectivity index (χ3v) is 4.53. The lowest BCUT2D eigenvalue weighted by Gasteiger charge is -2.29. The van der Waals surface area contributed by atoms with Crippen molar-refractivity contribution in [3.63, 3.8) is 0 Å². The van der Waals surface area contributed by atoms with E-state index in [0.717, 1.165) is 11.1 Å². The first-order valence-corrected chi connectivity index (χ1v) is 7.66. The van der Waals surface area contributed by atoms with E-state index in [1.165, 1.54) is 5.56 Å². The van der Waals surface area contributed by atoms with Crippen molar-refractivity contribution < 1.29 is 14.4 Å². The number of rotatable bonds is 2. The van der Waals surface area contributed by atoms with E-state index in [1.54, 1.807) is 4.90 Å². The number of hydrogen-bond acceptors (Lipinski definition) is 3. The Morgan fingerprint density at radius 2 is 1.95 bits per heavy atom. The van der Waals surface area contributed by atoms with Gasteiger partial charge in [-0.05, 0) is 42.0 Å². The molecular formula is C17H20N2O3. The number of carbonyl (C=O) groups is 3. The Labute approximate surface area is 129 Å². The lowest BCUT2D eigenvalue weighted by molar-refractivity contribution is -0.136. The quantitative estimate of drug-likeness (QED) is 0.848. The number of amides is 3. The Hall–Kier alpha value is -2.17. The monoisotopic (exact) mass is 300 g/mol. The summed E-state index contributed by atoms with van der Waals surface area (Å²) in [5.74, 6) is -0.338. The van der Waals surface area contributed by atoms with Crippen molar-refractivity contribution in [3.8, 4) is 0 Å². The molecule has 2 heterocycles. The fraction of sp³-hybridized carbons (Fsp3) is 0.471. The SMILES string of the molecule is Cc1cc2c(cc1C(C)C)CN(C1CCC(=O)NC1=O)C2=O. The molecule has 1 unspecified atom stereocenters. The molecule has 0 aromatic heterocycles. The van der Waals surface area contributed by atoms with Crippen molar-refractivity contribution in [2.45, 2.75) is 52.1 Å². The Morgan fingerprint density at radius 1 is 1.23 bits per heavy atom. The lowest BCUT2D eigenvalue weighted by Crippen LogP contribution is -2.52. The molecule has 5 nitrogen and oxygen atoms in total. The van der Waals surface area contributed by atoms with Gasteiger partial charge in [0.15, 0.2) is 0 Å². The number of aryl methyl sites for hydroxylation is 1. The molecule has 3 rings (SSSR count). The zero-order valence-electron chi connectivity index (χ0n) is 13.1. The van der Waals surface area contributed by atoms with Gasteiger partial charge >= 0.3 is 0 Å². The molecule has 2 aliphatic rings. The predicted molar refractivity (Wildman–Crippen MR) is 81.3 cm³/mol. The Kier molecular flexibility index (Phi) is 3.51. The number of imide groups is 1. The molecule has 5 heteroatoms. The molecule has 22 heavy (non-hydrogen) atoms. The van der Waals surface area contributed by atoms with Crippen LogP contribution >= 0.6 is 0 Å². The van der Waals surface area contributed by atoms with Crippen molar-refractivity contribution in [1.82, 2.24) is 10.2 Å². The van der Waals surface area contributed by atoms with Crippen LogP contribution in [0.25, 0.3) is 0 Å². The van der Waals surface area contributed by atoms with Crippen molar-refractivity contribution in [3.05, 3.63) is 34.4 Å². The molecule has 1 N–H and O–H groups in total. The van der Waals surface area contributed by atoms with Crippen LogP contribution in [0.15, 0.2) is 12.1 Å². The largest absolute Gasteiger partial charge is 0.322 e. The Morgan fingerprint density at radius 3 is 2.59 bits per heavy atom. The number of hydrogen-bond donors (Lipinski definition) is 1. The van der Waals surface area contributed by atoms with Gasteiger partial charge in [0.05, 0.1) is 0 Å². The maximum Gasteiger partial charge on any atom is 0.255 e. The van der Waals surface area contributed by atoms with E-state index in [-0.39, 0.29) is 24.1 Å². The average molecular weight is 300 g/mol. The molecular weight excluding hydrogens is 280 g/mol. The van der Waals surface area contributed by atoms with Crippen molar-refractivity contribution in [1.29, 1.82) is 0 Å². The topological polar surface area (TPSA) is 66.5 Å². The summed E-state index contributed by atoms with van der Waals surface area (Å²) in [6, 6.07) is 3.47. The van der Waals surface area contributed by atoms with Gasteiger partial charge in [-0.25, -0.2) is 0 Å². The highest BCUT2D eigenvalue weighted by Crippen LogP contribution is 2.31. The molecule has 0 bridgehead atoms. The third-order valence-electron chi connectivity index (χ3n) is 4.53. The smallest absolute Gasteiger partial charge is 0.255 e. The van der Waals surface area contributed by atoms with Gasteiger partial charge in [-0.1, -0.05) is 19.9 Å². The highest BCUT2D eigenvalue weighted by atomic mass is 16.2. The van der Waals surface area contributed by atoms with E-state index in [1.807, 2.05) is 13.0 Å². The average Bonchev–Trinajstić information content (AvgIpc) is 2.75. The number of piperidine rings is 1. The summed E-state index contributed by atoms with van der Waals surface area (Å²) >= 11 is 0. The minimum atomic E-state index is -0.541. The van der Waals surface area contributed by atoms with Crippen LogP contribution in [0.4, 0.5) is 0 Å². The first-order valence-electron chi connectivity index (χ1n) is 7.66. The van der Waals surface area contributed by atoms with Crippen LogP contribution in [0.3, 0.4) is 0 Å². The minimum Gasteiger partial charge on any atom is -0.322 e. The molecule has 1 fully saturated rings. The van der Waals surface area contributed by atoms with E-state index < -0.39 is 6.04 Å². The summed E-state index contributed by atoms with van der Waals surface area (Å²) < 4.78 is 0. The Bertz CT molecular complexity index is 679. The first kappa shape index (κ1) is 14.8. The molecule has 1 aromatic carbocycles. The summed E-state index contributed by atoms with van der Waals surface area (Å²) in [5, 5.41) is 2.32. The van der Waals surface area contributed by atoms with E-state index in [2.05, 4.69) is 25.2 Å². The second kappa shape index (κ2) is 5.23. The van der Waals surface area contributed by atoms with E-state index in [4.69, 9.17) is 0 Å². The maximum absolute atomic E-state index is 12.6. The molecule has 0 saturated carbocycles. The van der Waals surface area contributed by atoms with E-state index >= 15 is 0 Å². The molecule has 0 spiro atoms. The van der Waals surface area contributed by atoms with E-state index in [0.29, 0.717) is 24.4 Å². The molecule has 0 radical (unpaired) electrons. The summed E-state index contributed by atoms with van der Waals surface area (Å²) in [5.41, 5.74) is 4.00. The number of benzene rings is 1. The van der Waals surface area contributed by atoms with Crippen molar-refractivity contribution >= 4 is 17.7 Å². The van der Waals surface area contributed by atoms with Gasteiger partial charge < -0.3 is 4.90 Å². The normalized spacial score (nSPS) is 21.4. The van der Waals surface area contributed by atoms with Crippen LogP contribution in [0.1, 0.15) is 59.7 Å². The Balaban J connectivity index is 1.91. The maximum atomic E-state index is 12.6. The van der Waals surface area contributed by atoms with Gasteiger partial charge in [-0.3, -0.25) is 19.7 Å². The number of nitrogens with zero attached hydrogens (tertiary/aromatic N) is 1. The number of fused-ring (bicyclic) bond motifs is 1. The molecule has 3 amide bonds. The van der Waals surface area contributed by atoms with Crippen molar-refractivity contribution in [2.24, 2.45) is 0 Å². The molecule has 2 aliphatic heterocycles. The number of carbonyl (C=O) groups excluding carboxylic acids is 3. The van der Waals surface area contributed by atoms with Gasteiger partial charge in [0.2, 0.25) is 11.8 Å². The highest BCUT2D eigenvalue weighted by molar-refractivity contribution is 6.05. The summed E-state index contributed by atoms with van der Waals surface area (Å²) in [6.45, 7) is 6.71. The fourth-order valence-corrected chi connectivity index (χ4v) is 3.37. The van der Waals surface area contributed by atoms with Crippen LogP contribution < -0.4 is 5.32 Å². The van der Waals surface area contributed by atoms with Crippen LogP contribution in [0.5, 0.6) is 0 Å². The van der Waals surface area contributed by atoms with Gasteiger partial charge in [0.25, 0.3) is 5.91 Å². The standard InChI is InChI=1S/C17H20N2O3/c1-9(2)12-7-11-8-19(17(22)13(11)6-10(12)3)14-4-5-15(20)18-16(14)21/h6-7,9,14H,4-5,8H2,1-3H3,(H,18,20,21). The van der Waals surface area contributed by atoms with Crippen LogP contribution in [-0.2, 0) is 16.1 Å². The van der Waals surface area contributed by atoms with Gasteiger partial charge in [0, 0.05) is 18.5 Å². The van der Waals surface area contributed by atoms with Gasteiger partial charge in [0.1, 0.15) is 6.04 Å². The van der Waals surface area contributed by atoms with Crippen LogP contribution in [-0.4, -0.2) is 28.7 Å². The highest BCUT2D eigenvalue weighted by Gasteiger charge is 2.39. The van der Waals surface area contributed by atoms with Crippen LogP contribution in [0, 0.1) is 6.92 Å². The molecule has 1 aromatic rings. The summed E-state index contributed by atoms with van der Waals surface area (Å²) in [4.78, 5) is 37.5. The van der Waals surface area contributed by atoms with Gasteiger partial charge in [-0.15, -0.1) is 0 Å². The fourth-order valence-electron chi connectivity index (χ4n) is 3.37. The molecule has 116 valence electrons. The summed E-state index contributed by atoms with van der Waals surface area (Å²) in [6.07, 6.45) is 0.688. The number of nitrogens with one attached hydrogen (secondary N) is 1. The minimum absolute atomic E-state index is 0.108. The molecule has 1 saturated heterocycles. The summed E-state index contributed by atoms with van der Waals surface area (Å²) in [7, 11) is 0. The van der Waals surface area contributed by atoms with E-state index in [9.17, 15) is 14.4 Å². The lowest BCUT2D eigenvalue weighted by atomic mass is 9.93.